The molecule has 2 rings (SSSR count). The zero-order chi connectivity index (χ0) is 16.7. The average molecular weight is 375 g/mol. The summed E-state index contributed by atoms with van der Waals surface area (Å²) in [6.07, 6.45) is 0.258. The number of para-hydroxylation sites is 1. The van der Waals surface area contributed by atoms with E-state index >= 15 is 0 Å². The van der Waals surface area contributed by atoms with Gasteiger partial charge in [-0.15, -0.1) is 0 Å². The van der Waals surface area contributed by atoms with Crippen LogP contribution >= 0.6 is 15.9 Å². The molecule has 2 amide bonds. The number of benzene rings is 2. The van der Waals surface area contributed by atoms with Crippen LogP contribution in [0.3, 0.4) is 0 Å². The van der Waals surface area contributed by atoms with Gasteiger partial charge in [-0.3, -0.25) is 9.59 Å². The Morgan fingerprint density at radius 2 is 1.70 bits per heavy atom. The van der Waals surface area contributed by atoms with Gasteiger partial charge in [-0.25, -0.2) is 0 Å². The van der Waals surface area contributed by atoms with Crippen molar-refractivity contribution in [1.29, 1.82) is 0 Å². The number of carbonyl (C=O) groups is 2. The lowest BCUT2D eigenvalue weighted by molar-refractivity contribution is -0.129. The first kappa shape index (κ1) is 17.2. The molecule has 0 unspecified atom stereocenters. The van der Waals surface area contributed by atoms with E-state index in [0.29, 0.717) is 13.1 Å². The molecule has 0 bridgehead atoms. The highest BCUT2D eigenvalue weighted by atomic mass is 79.9. The predicted octanol–water partition coefficient (Wildman–Crippen LogP) is 3.83. The molecule has 0 radical (unpaired) electrons. The van der Waals surface area contributed by atoms with E-state index in [0.717, 1.165) is 15.7 Å². The van der Waals surface area contributed by atoms with E-state index in [4.69, 9.17) is 0 Å². The molecule has 120 valence electrons. The molecule has 2 aromatic carbocycles. The second kappa shape index (κ2) is 8.48. The summed E-state index contributed by atoms with van der Waals surface area (Å²) in [5, 5.41) is 2.84. The fourth-order valence-electron chi connectivity index (χ4n) is 2.16. The van der Waals surface area contributed by atoms with Crippen LogP contribution in [0.15, 0.2) is 59.1 Å². The monoisotopic (exact) mass is 374 g/mol. The number of hydrogen-bond acceptors (Lipinski definition) is 2. The zero-order valence-corrected chi connectivity index (χ0v) is 14.5. The molecule has 0 aromatic heterocycles. The molecule has 23 heavy (non-hydrogen) atoms. The van der Waals surface area contributed by atoms with Gasteiger partial charge < -0.3 is 10.2 Å². The molecule has 0 aliphatic heterocycles. The number of amides is 2. The van der Waals surface area contributed by atoms with Gasteiger partial charge in [-0.05, 0) is 33.6 Å². The Hall–Kier alpha value is -2.14. The summed E-state index contributed by atoms with van der Waals surface area (Å²) < 4.78 is 0.834. The quantitative estimate of drug-likeness (QED) is 0.835. The van der Waals surface area contributed by atoms with Gasteiger partial charge in [0.15, 0.2) is 0 Å². The third kappa shape index (κ3) is 5.53. The first-order valence-electron chi connectivity index (χ1n) is 7.40. The highest BCUT2D eigenvalue weighted by Crippen LogP contribution is 2.21. The minimum Gasteiger partial charge on any atom is -0.338 e. The second-order valence-corrected chi connectivity index (χ2v) is 6.06. The van der Waals surface area contributed by atoms with Crippen molar-refractivity contribution in [3.63, 3.8) is 0 Å². The largest absolute Gasteiger partial charge is 0.338 e. The summed E-state index contributed by atoms with van der Waals surface area (Å²) in [5.74, 6) is -0.154. The van der Waals surface area contributed by atoms with E-state index in [2.05, 4.69) is 21.2 Å². The molecule has 0 heterocycles. The Balaban J connectivity index is 1.90. The van der Waals surface area contributed by atoms with Crippen LogP contribution in [0.5, 0.6) is 0 Å². The number of halogens is 1. The lowest BCUT2D eigenvalue weighted by atomic mass is 10.2. The van der Waals surface area contributed by atoms with E-state index in [1.54, 1.807) is 4.90 Å². The van der Waals surface area contributed by atoms with Gasteiger partial charge in [0.2, 0.25) is 11.8 Å². The number of hydrogen-bond donors (Lipinski definition) is 1. The van der Waals surface area contributed by atoms with Gasteiger partial charge in [0.25, 0.3) is 0 Å². The molecule has 0 aliphatic carbocycles. The molecular formula is C18H19BrN2O2. The molecule has 0 fully saturated rings. The topological polar surface area (TPSA) is 49.4 Å². The minimum absolute atomic E-state index is 0.0393. The van der Waals surface area contributed by atoms with Crippen molar-refractivity contribution in [3.05, 3.63) is 64.6 Å². The standard InChI is InChI=1S/C18H19BrN2O2/c1-14(22)21(13-15-7-3-2-4-8-15)12-11-18(23)20-17-10-6-5-9-16(17)19/h2-10H,11-13H2,1H3,(H,20,23). The maximum absolute atomic E-state index is 12.1. The molecule has 4 nitrogen and oxygen atoms in total. The Labute approximate surface area is 144 Å². The third-order valence-electron chi connectivity index (χ3n) is 3.42. The number of rotatable bonds is 6. The lowest BCUT2D eigenvalue weighted by Gasteiger charge is -2.21. The Bertz CT molecular complexity index is 674. The van der Waals surface area contributed by atoms with Crippen molar-refractivity contribution in [2.75, 3.05) is 11.9 Å². The summed E-state index contributed by atoms with van der Waals surface area (Å²) in [4.78, 5) is 25.5. The van der Waals surface area contributed by atoms with Crippen molar-refractivity contribution in [2.24, 2.45) is 0 Å². The minimum atomic E-state index is -0.115. The maximum atomic E-state index is 12.1. The Kier molecular flexibility index (Phi) is 6.35. The van der Waals surface area contributed by atoms with Crippen LogP contribution in [0.4, 0.5) is 5.69 Å². The van der Waals surface area contributed by atoms with Gasteiger partial charge >= 0.3 is 0 Å². The van der Waals surface area contributed by atoms with Crippen LogP contribution in [0, 0.1) is 0 Å². The van der Waals surface area contributed by atoms with Crippen molar-refractivity contribution >= 4 is 33.4 Å². The van der Waals surface area contributed by atoms with E-state index < -0.39 is 0 Å². The molecule has 2 aromatic rings. The Morgan fingerprint density at radius 3 is 2.35 bits per heavy atom. The number of anilines is 1. The molecule has 0 saturated carbocycles. The van der Waals surface area contributed by atoms with Gasteiger partial charge in [0, 0.05) is 30.9 Å². The van der Waals surface area contributed by atoms with Crippen LogP contribution in [-0.4, -0.2) is 23.3 Å². The maximum Gasteiger partial charge on any atom is 0.226 e. The highest BCUT2D eigenvalue weighted by molar-refractivity contribution is 9.10. The number of nitrogens with one attached hydrogen (secondary N) is 1. The SMILES string of the molecule is CC(=O)N(CCC(=O)Nc1ccccc1Br)Cc1ccccc1. The number of nitrogens with zero attached hydrogens (tertiary/aromatic N) is 1. The summed E-state index contributed by atoms with van der Waals surface area (Å²) in [5.41, 5.74) is 1.78. The van der Waals surface area contributed by atoms with E-state index in [9.17, 15) is 9.59 Å². The third-order valence-corrected chi connectivity index (χ3v) is 4.11. The fraction of sp³-hybridized carbons (Fsp3) is 0.222. The van der Waals surface area contributed by atoms with Gasteiger partial charge in [0.1, 0.15) is 0 Å². The predicted molar refractivity (Wildman–Crippen MR) is 94.9 cm³/mol. The first-order chi connectivity index (χ1) is 11.1. The molecule has 5 heteroatoms. The van der Waals surface area contributed by atoms with E-state index in [-0.39, 0.29) is 18.2 Å². The van der Waals surface area contributed by atoms with Crippen LogP contribution in [0.1, 0.15) is 18.9 Å². The van der Waals surface area contributed by atoms with E-state index in [1.807, 2.05) is 54.6 Å². The lowest BCUT2D eigenvalue weighted by Crippen LogP contribution is -2.31. The van der Waals surface area contributed by atoms with Crippen molar-refractivity contribution in [2.45, 2.75) is 19.9 Å². The summed E-state index contributed by atoms with van der Waals surface area (Å²) in [7, 11) is 0. The summed E-state index contributed by atoms with van der Waals surface area (Å²) in [6, 6.07) is 17.2. The normalized spacial score (nSPS) is 10.2. The Morgan fingerprint density at radius 1 is 1.04 bits per heavy atom. The number of carbonyl (C=O) groups excluding carboxylic acids is 2. The zero-order valence-electron chi connectivity index (χ0n) is 13.0. The summed E-state index contributed by atoms with van der Waals surface area (Å²) >= 11 is 3.39. The molecule has 0 atom stereocenters. The van der Waals surface area contributed by atoms with Crippen LogP contribution in [0.2, 0.25) is 0 Å². The average Bonchev–Trinajstić information content (AvgIpc) is 2.54. The van der Waals surface area contributed by atoms with Crippen LogP contribution < -0.4 is 5.32 Å². The van der Waals surface area contributed by atoms with Gasteiger partial charge in [0.05, 0.1) is 5.69 Å². The van der Waals surface area contributed by atoms with Gasteiger partial charge in [-0.1, -0.05) is 42.5 Å². The van der Waals surface area contributed by atoms with Crippen molar-refractivity contribution in [1.82, 2.24) is 4.90 Å². The van der Waals surface area contributed by atoms with Crippen LogP contribution in [-0.2, 0) is 16.1 Å². The highest BCUT2D eigenvalue weighted by Gasteiger charge is 2.12. The fourth-order valence-corrected chi connectivity index (χ4v) is 2.55. The van der Waals surface area contributed by atoms with Crippen molar-refractivity contribution in [3.8, 4) is 0 Å². The summed E-state index contributed by atoms with van der Waals surface area (Å²) in [6.45, 7) is 2.42. The van der Waals surface area contributed by atoms with Gasteiger partial charge in [-0.2, -0.15) is 0 Å². The smallest absolute Gasteiger partial charge is 0.226 e. The second-order valence-electron chi connectivity index (χ2n) is 5.20. The first-order valence-corrected chi connectivity index (χ1v) is 8.19. The molecule has 1 N–H and O–H groups in total. The van der Waals surface area contributed by atoms with Crippen LogP contribution in [0.25, 0.3) is 0 Å². The molecule has 0 saturated heterocycles. The van der Waals surface area contributed by atoms with E-state index in [1.165, 1.54) is 6.92 Å². The molecular weight excluding hydrogens is 356 g/mol. The van der Waals surface area contributed by atoms with Crippen molar-refractivity contribution < 1.29 is 9.59 Å². The molecule has 0 aliphatic rings. The molecule has 0 spiro atoms.